The highest BCUT2D eigenvalue weighted by molar-refractivity contribution is 6.21. The molecule has 6 nitrogen and oxygen atoms in total. The third-order valence-electron chi connectivity index (χ3n) is 9.96. The van der Waals surface area contributed by atoms with Gasteiger partial charge in [0.1, 0.15) is 5.58 Å². The Morgan fingerprint density at radius 2 is 1.18 bits per heavy atom. The number of hydrogen-bond acceptors (Lipinski definition) is 2. The van der Waals surface area contributed by atoms with Gasteiger partial charge in [-0.05, 0) is 59.7 Å². The van der Waals surface area contributed by atoms with Crippen molar-refractivity contribution in [2.45, 2.75) is 0 Å². The summed E-state index contributed by atoms with van der Waals surface area (Å²) in [5.74, 6) is 0. The number of hydrogen-bond donors (Lipinski definition) is 0. The number of rotatable bonds is 3. The number of fused-ring (bicyclic) bond motifs is 10. The number of nitriles is 1. The Morgan fingerprint density at radius 1 is 0.569 bits per heavy atom. The minimum atomic E-state index is 0.263. The summed E-state index contributed by atoms with van der Waals surface area (Å²) < 4.78 is 10.9. The van der Waals surface area contributed by atoms with Crippen molar-refractivity contribution < 1.29 is 4.42 Å². The van der Waals surface area contributed by atoms with E-state index >= 15 is 0 Å². The quantitative estimate of drug-likeness (QED) is 0.179. The maximum Gasteiger partial charge on any atom is 0.218 e. The fourth-order valence-corrected chi connectivity index (χ4v) is 7.85. The first kappa shape index (κ1) is 28.4. The zero-order valence-electron chi connectivity index (χ0n) is 26.9. The van der Waals surface area contributed by atoms with Crippen molar-refractivity contribution in [2.24, 2.45) is 0 Å². The SMILES string of the molecule is [C-]#[N+]c1ccc(-c2cc(C#N)cc(-n3c4ccccc4c4ccc5c6ccccc6oc5c43)c2)c(-n2c3ccccc3c3ccccc32)c1[N+]#[C-]. The first-order valence-corrected chi connectivity index (χ1v) is 16.5. The largest absolute Gasteiger partial charge is 0.454 e. The molecule has 10 aromatic rings. The lowest BCUT2D eigenvalue weighted by Gasteiger charge is -2.18. The van der Waals surface area contributed by atoms with E-state index in [4.69, 9.17) is 17.6 Å². The molecule has 0 bridgehead atoms. The highest BCUT2D eigenvalue weighted by Crippen LogP contribution is 2.46. The van der Waals surface area contributed by atoms with Gasteiger partial charge in [0, 0.05) is 43.7 Å². The van der Waals surface area contributed by atoms with Crippen LogP contribution < -0.4 is 0 Å². The van der Waals surface area contributed by atoms with Gasteiger partial charge in [-0.15, -0.1) is 0 Å². The van der Waals surface area contributed by atoms with Crippen LogP contribution in [0.2, 0.25) is 0 Å². The van der Waals surface area contributed by atoms with Crippen LogP contribution in [0.3, 0.4) is 0 Å². The molecule has 0 saturated carbocycles. The van der Waals surface area contributed by atoms with E-state index in [0.717, 1.165) is 82.4 Å². The van der Waals surface area contributed by atoms with Gasteiger partial charge in [-0.1, -0.05) is 91.0 Å². The second kappa shape index (κ2) is 10.7. The number of furan rings is 1. The Kier molecular flexibility index (Phi) is 5.97. The molecule has 234 valence electrons. The van der Waals surface area contributed by atoms with Crippen molar-refractivity contribution in [3.63, 3.8) is 0 Å². The lowest BCUT2D eigenvalue weighted by atomic mass is 9.98. The third kappa shape index (κ3) is 3.95. The van der Waals surface area contributed by atoms with Gasteiger partial charge < -0.3 is 13.6 Å². The molecule has 6 heteroatoms. The Labute approximate surface area is 291 Å². The van der Waals surface area contributed by atoms with E-state index < -0.39 is 0 Å². The lowest BCUT2D eigenvalue weighted by Crippen LogP contribution is -2.00. The summed E-state index contributed by atoms with van der Waals surface area (Å²) in [6.45, 7) is 16.3. The maximum atomic E-state index is 10.5. The van der Waals surface area contributed by atoms with Gasteiger partial charge in [-0.25, -0.2) is 4.85 Å². The summed E-state index contributed by atoms with van der Waals surface area (Å²) in [6, 6.07) is 48.7. The molecule has 0 fully saturated rings. The summed E-state index contributed by atoms with van der Waals surface area (Å²) in [5.41, 5.74) is 9.24. The average Bonchev–Trinajstić information content (AvgIpc) is 3.85. The molecule has 0 amide bonds. The minimum Gasteiger partial charge on any atom is -0.454 e. The molecule has 10 rings (SSSR count). The van der Waals surface area contributed by atoms with Crippen molar-refractivity contribution in [1.29, 1.82) is 5.26 Å². The van der Waals surface area contributed by atoms with Gasteiger partial charge in [0.25, 0.3) is 0 Å². The average molecular weight is 650 g/mol. The molecular formula is C45H23N5O. The van der Waals surface area contributed by atoms with E-state index in [1.165, 1.54) is 0 Å². The molecule has 0 radical (unpaired) electrons. The fraction of sp³-hybridized carbons (Fsp3) is 0. The first-order valence-electron chi connectivity index (χ1n) is 16.5. The van der Waals surface area contributed by atoms with Crippen LogP contribution in [0.5, 0.6) is 0 Å². The molecule has 0 unspecified atom stereocenters. The van der Waals surface area contributed by atoms with Crippen LogP contribution >= 0.6 is 0 Å². The van der Waals surface area contributed by atoms with E-state index in [-0.39, 0.29) is 11.4 Å². The molecular weight excluding hydrogens is 627 g/mol. The van der Waals surface area contributed by atoms with E-state index in [1.807, 2.05) is 84.9 Å². The Bertz CT molecular complexity index is 3190. The molecule has 0 aliphatic heterocycles. The van der Waals surface area contributed by atoms with Crippen LogP contribution in [0, 0.1) is 24.5 Å². The number of para-hydroxylation sites is 4. The molecule has 51 heavy (non-hydrogen) atoms. The molecule has 0 aliphatic carbocycles. The molecule has 0 N–H and O–H groups in total. The second-order valence-electron chi connectivity index (χ2n) is 12.6. The third-order valence-corrected chi connectivity index (χ3v) is 9.96. The van der Waals surface area contributed by atoms with Crippen LogP contribution in [0.25, 0.3) is 97.7 Å². The molecule has 0 aliphatic rings. The predicted octanol–water partition coefficient (Wildman–Crippen LogP) is 12.4. The second-order valence-corrected chi connectivity index (χ2v) is 12.6. The molecule has 0 atom stereocenters. The van der Waals surface area contributed by atoms with Crippen molar-refractivity contribution in [3.8, 4) is 28.6 Å². The van der Waals surface area contributed by atoms with Crippen LogP contribution in [-0.2, 0) is 0 Å². The van der Waals surface area contributed by atoms with Crippen LogP contribution in [-0.4, -0.2) is 9.13 Å². The fourth-order valence-electron chi connectivity index (χ4n) is 7.85. The zero-order chi connectivity index (χ0) is 34.2. The van der Waals surface area contributed by atoms with Crippen LogP contribution in [0.1, 0.15) is 5.56 Å². The zero-order valence-corrected chi connectivity index (χ0v) is 26.9. The summed E-state index contributed by atoms with van der Waals surface area (Å²) in [7, 11) is 0. The highest BCUT2D eigenvalue weighted by atomic mass is 16.3. The molecule has 3 heterocycles. The van der Waals surface area contributed by atoms with Crippen LogP contribution in [0.4, 0.5) is 11.4 Å². The monoisotopic (exact) mass is 649 g/mol. The number of benzene rings is 7. The summed E-state index contributed by atoms with van der Waals surface area (Å²) in [6.07, 6.45) is 0. The first-order chi connectivity index (χ1) is 25.2. The smallest absolute Gasteiger partial charge is 0.218 e. The van der Waals surface area contributed by atoms with E-state index in [1.54, 1.807) is 6.07 Å². The topological polar surface area (TPSA) is 55.5 Å². The van der Waals surface area contributed by atoms with Gasteiger partial charge in [0.05, 0.1) is 46.8 Å². The van der Waals surface area contributed by atoms with E-state index in [9.17, 15) is 5.26 Å². The van der Waals surface area contributed by atoms with Gasteiger partial charge in [0.15, 0.2) is 11.3 Å². The van der Waals surface area contributed by atoms with Gasteiger partial charge in [-0.2, -0.15) is 5.26 Å². The maximum absolute atomic E-state index is 10.5. The normalized spacial score (nSPS) is 11.5. The molecule has 3 aromatic heterocycles. The van der Waals surface area contributed by atoms with Gasteiger partial charge >= 0.3 is 0 Å². The van der Waals surface area contributed by atoms with Gasteiger partial charge in [0.2, 0.25) is 5.69 Å². The van der Waals surface area contributed by atoms with Crippen molar-refractivity contribution >= 4 is 76.9 Å². The summed E-state index contributed by atoms with van der Waals surface area (Å²) in [5, 5.41) is 16.7. The Balaban J connectivity index is 1.33. The van der Waals surface area contributed by atoms with E-state index in [0.29, 0.717) is 11.3 Å². The highest BCUT2D eigenvalue weighted by Gasteiger charge is 2.24. The van der Waals surface area contributed by atoms with Crippen molar-refractivity contribution in [1.82, 2.24) is 9.13 Å². The van der Waals surface area contributed by atoms with Crippen LogP contribution in [0.15, 0.2) is 144 Å². The van der Waals surface area contributed by atoms with E-state index in [2.05, 4.69) is 73.4 Å². The summed E-state index contributed by atoms with van der Waals surface area (Å²) in [4.78, 5) is 7.75. The van der Waals surface area contributed by atoms with Crippen molar-refractivity contribution in [2.75, 3.05) is 0 Å². The molecule has 0 saturated heterocycles. The minimum absolute atomic E-state index is 0.263. The lowest BCUT2D eigenvalue weighted by molar-refractivity contribution is 0.671. The van der Waals surface area contributed by atoms with Gasteiger partial charge in [-0.3, -0.25) is 4.85 Å². The number of nitrogens with zero attached hydrogens (tertiary/aromatic N) is 5. The number of aromatic nitrogens is 2. The Morgan fingerprint density at radius 3 is 1.84 bits per heavy atom. The van der Waals surface area contributed by atoms with Crippen molar-refractivity contribution in [3.05, 3.63) is 168 Å². The summed E-state index contributed by atoms with van der Waals surface area (Å²) >= 11 is 0. The molecule has 0 spiro atoms. The Hall–Kier alpha value is -7.59. The molecule has 7 aromatic carbocycles. The predicted molar refractivity (Wildman–Crippen MR) is 205 cm³/mol. The standard InChI is InChI=1S/C45H23N5O/c1-47-37-22-21-30(43(42(37)48-2)50-39-16-8-3-11-31(39)32-12-4-9-17-40(32)50)28-23-27(26-46)24-29(25-28)49-38-15-7-5-13-33(38)35-19-20-36-34-14-6-10-18-41(34)51-45(36)44(35)49/h3-25H.